The van der Waals surface area contributed by atoms with Crippen LogP contribution in [0.1, 0.15) is 164 Å². The zero-order chi connectivity index (χ0) is 65.8. The van der Waals surface area contributed by atoms with Crippen LogP contribution >= 0.6 is 68.0 Å². The number of amides is 5. The Bertz CT molecular complexity index is 4100. The van der Waals surface area contributed by atoms with Crippen molar-refractivity contribution < 1.29 is 58.4 Å². The van der Waals surface area contributed by atoms with Crippen molar-refractivity contribution >= 4 is 121 Å². The third-order valence-corrected chi connectivity index (χ3v) is 22.7. The van der Waals surface area contributed by atoms with E-state index in [1.807, 2.05) is 13.8 Å². The number of thiazole rings is 6. The number of nitrogens with zero attached hydrogens (tertiary/aromatic N) is 8. The van der Waals surface area contributed by atoms with Crippen LogP contribution in [0.3, 0.4) is 0 Å². The molecule has 5 amide bonds. The van der Waals surface area contributed by atoms with E-state index in [1.54, 1.807) is 75.8 Å². The molecule has 8 aromatic rings. The topological polar surface area (TPSA) is 348 Å². The minimum Gasteiger partial charge on any atom is -0.481 e. The van der Waals surface area contributed by atoms with Gasteiger partial charge in [-0.3, -0.25) is 43.3 Å². The van der Waals surface area contributed by atoms with Gasteiger partial charge in [0.25, 0.3) is 11.8 Å². The zero-order valence-electron chi connectivity index (χ0n) is 51.1. The molecule has 3 aliphatic rings. The number of aliphatic carboxylic acids is 2. The predicted octanol–water partition coefficient (Wildman–Crippen LogP) is 10.1. The molecular formula is C63H66N12O12S6. The predicted molar refractivity (Wildman–Crippen MR) is 352 cm³/mol. The summed E-state index contributed by atoms with van der Waals surface area (Å²) in [5.74, 6) is -6.38. The van der Waals surface area contributed by atoms with E-state index in [0.717, 1.165) is 0 Å². The number of aryl methyl sites for hydroxylation is 1. The number of ether oxygens (including phenoxy) is 1. The number of aromatic nitrogens is 7. The molecular weight excluding hydrogens is 1310 g/mol. The van der Waals surface area contributed by atoms with E-state index in [4.69, 9.17) is 39.6 Å². The van der Waals surface area contributed by atoms with Gasteiger partial charge in [0.05, 0.1) is 53.0 Å². The highest BCUT2D eigenvalue weighted by molar-refractivity contribution is 7.15. The van der Waals surface area contributed by atoms with Crippen LogP contribution in [0.4, 0.5) is 5.82 Å². The number of benzene rings is 1. The number of hydrogen-bond donors (Lipinski definition) is 7. The third kappa shape index (κ3) is 14.9. The molecule has 486 valence electrons. The van der Waals surface area contributed by atoms with Gasteiger partial charge in [0, 0.05) is 70.4 Å². The maximum Gasteiger partial charge on any atom is 0.306 e. The van der Waals surface area contributed by atoms with Gasteiger partial charge in [-0.2, -0.15) is 0 Å². The Kier molecular flexibility index (Phi) is 20.8. The summed E-state index contributed by atoms with van der Waals surface area (Å²) in [7, 11) is 2.96. The largest absolute Gasteiger partial charge is 0.481 e. The molecule has 2 saturated carbocycles. The molecule has 1 aliphatic heterocycles. The normalized spacial score (nSPS) is 21.0. The number of Topliss-reactive ketones (excluding diaryl/α,β-unsaturated/α-hetero) is 1. The molecule has 0 spiro atoms. The average Bonchev–Trinajstić information content (AvgIpc) is 1.88. The number of ketones is 1. The molecule has 1 unspecified atom stereocenters. The van der Waals surface area contributed by atoms with Crippen LogP contribution < -0.4 is 26.2 Å². The molecule has 10 bridgehead atoms. The fourth-order valence-electron chi connectivity index (χ4n) is 11.8. The molecule has 8 heterocycles. The van der Waals surface area contributed by atoms with Crippen molar-refractivity contribution in [2.45, 2.75) is 122 Å². The van der Waals surface area contributed by atoms with E-state index < -0.39 is 84.0 Å². The molecule has 2 aliphatic carbocycles. The first-order chi connectivity index (χ1) is 44.7. The number of rotatable bonds is 13. The van der Waals surface area contributed by atoms with Crippen LogP contribution in [0, 0.1) is 30.6 Å². The lowest BCUT2D eigenvalue weighted by atomic mass is 9.80. The summed E-state index contributed by atoms with van der Waals surface area (Å²) in [4.78, 5) is 146. The highest BCUT2D eigenvalue weighted by Gasteiger charge is 2.40. The number of anilines is 1. The Hall–Kier alpha value is -7.97. The van der Waals surface area contributed by atoms with Crippen LogP contribution in [0.15, 0.2) is 64.0 Å². The van der Waals surface area contributed by atoms with Gasteiger partial charge in [0.2, 0.25) is 17.7 Å². The van der Waals surface area contributed by atoms with E-state index in [1.165, 1.54) is 82.2 Å². The first-order valence-corrected chi connectivity index (χ1v) is 35.3. The van der Waals surface area contributed by atoms with Crippen molar-refractivity contribution in [1.29, 1.82) is 0 Å². The maximum absolute atomic E-state index is 14.7. The molecule has 11 rings (SSSR count). The van der Waals surface area contributed by atoms with E-state index in [0.29, 0.717) is 131 Å². The Labute approximate surface area is 557 Å². The van der Waals surface area contributed by atoms with Crippen LogP contribution in [0.2, 0.25) is 0 Å². The smallest absolute Gasteiger partial charge is 0.306 e. The van der Waals surface area contributed by atoms with Crippen LogP contribution in [0.5, 0.6) is 0 Å². The Balaban J connectivity index is 0.985. The van der Waals surface area contributed by atoms with E-state index in [2.05, 4.69) is 21.3 Å². The van der Waals surface area contributed by atoms with Crippen molar-refractivity contribution in [2.24, 2.45) is 23.7 Å². The number of carbonyl (C=O) groups excluding carboxylic acids is 6. The molecule has 93 heavy (non-hydrogen) atoms. The molecule has 7 N–H and O–H groups in total. The van der Waals surface area contributed by atoms with Crippen molar-refractivity contribution in [3.63, 3.8) is 0 Å². The standard InChI is InChI=1S/C63H66N12O12S6/c1-29(2)37-21-43(76)48-30(3)92-59(73-48)39(22-46(77)64-4)67-53(80)41-26-88-55(69-41)36-19-20-38(57-71-45(28-91-57)75(35-17-15-34(16-18-35)63(85)86)61(82)32-11-13-33(14-12-32)62(83)84)66-49(36)40-25-89-58(68-40)42-27-90-60(70-42)51(52(79)31-9-7-6-8-10-31)72-47(78)23-65-54(81)50-44(24-87-5)93-56(37)74-50/h6-10,19-20,25-29,32-35,37,39,51-52,79H,11-18,21-24H2,1-5H3,(H,64,77)(H,65,81)(H,67,80)(H,72,78)(H,83,84)(H,85,86)/t32?,33?,34?,35?,37?,39-,51-,52-/m0/s1. The number of carboxylic acids is 2. The summed E-state index contributed by atoms with van der Waals surface area (Å²) in [6.45, 7) is 5.12. The first-order valence-electron chi connectivity index (χ1n) is 30.2. The monoisotopic (exact) mass is 1370 g/mol. The second-order valence-corrected chi connectivity index (χ2v) is 29.2. The maximum atomic E-state index is 14.7. The van der Waals surface area contributed by atoms with Crippen LogP contribution in [-0.4, -0.2) is 124 Å². The summed E-state index contributed by atoms with van der Waals surface area (Å²) in [6, 6.07) is 9.86. The van der Waals surface area contributed by atoms with Gasteiger partial charge in [0.15, 0.2) is 5.78 Å². The molecule has 1 aromatic carbocycles. The van der Waals surface area contributed by atoms with E-state index >= 15 is 0 Å². The fraction of sp³-hybridized carbons (Fsp3) is 0.413. The summed E-state index contributed by atoms with van der Waals surface area (Å²) < 4.78 is 5.48. The van der Waals surface area contributed by atoms with E-state index in [9.17, 15) is 53.7 Å². The lowest BCUT2D eigenvalue weighted by Gasteiger charge is -2.37. The number of hydrogen-bond acceptors (Lipinski definition) is 23. The SMILES string of the molecule is CNC(=O)C[C@@H]1NC(=O)c2csc(n2)-c2ccc(-c3nc(N(C(=O)C4CCC(C(=O)O)CC4)C4CCC(C(=O)O)CC4)cs3)nc2-c2csc(n2)-c2csc(n2)[C@H]([C@@H](O)c2ccccc2)NC(=O)CNC(=O)c2nc(sc2COC)C(C(C)C)CC(=O)c2nc1sc2C. The number of methoxy groups -OCH3 is 1. The van der Waals surface area contributed by atoms with Crippen LogP contribution in [0.25, 0.3) is 43.4 Å². The zero-order valence-corrected chi connectivity index (χ0v) is 56.0. The fourth-order valence-corrected chi connectivity index (χ4v) is 17.4. The second-order valence-electron chi connectivity index (χ2n) is 23.4. The Morgan fingerprint density at radius 3 is 2.01 bits per heavy atom. The molecule has 0 saturated heterocycles. The number of fused-ring (bicyclic) bond motifs is 14. The summed E-state index contributed by atoms with van der Waals surface area (Å²) in [5.41, 5.74) is 2.70. The number of carbonyl (C=O) groups is 8. The van der Waals surface area contributed by atoms with Gasteiger partial charge in [-0.1, -0.05) is 44.2 Å². The van der Waals surface area contributed by atoms with Crippen molar-refractivity contribution in [2.75, 3.05) is 25.6 Å². The highest BCUT2D eigenvalue weighted by atomic mass is 32.1. The summed E-state index contributed by atoms with van der Waals surface area (Å²) in [6.07, 6.45) is 1.56. The number of carboxylic acid groups (broad SMARTS) is 2. The van der Waals surface area contributed by atoms with Crippen LogP contribution in [-0.2, 0) is 35.3 Å². The lowest BCUT2D eigenvalue weighted by molar-refractivity contribution is -0.144. The Morgan fingerprint density at radius 2 is 1.31 bits per heavy atom. The van der Waals surface area contributed by atoms with Crippen molar-refractivity contribution in [3.8, 4) is 43.4 Å². The average molecular weight is 1380 g/mol. The van der Waals surface area contributed by atoms with Gasteiger partial charge in [0.1, 0.15) is 77.2 Å². The van der Waals surface area contributed by atoms with Gasteiger partial charge in [-0.05, 0) is 81.9 Å². The minimum absolute atomic E-state index is 0.0149. The quantitative estimate of drug-likeness (QED) is 0.0564. The lowest BCUT2D eigenvalue weighted by Crippen LogP contribution is -2.47. The number of aliphatic hydroxyl groups excluding tert-OH is 1. The van der Waals surface area contributed by atoms with Gasteiger partial charge < -0.3 is 41.3 Å². The van der Waals surface area contributed by atoms with Gasteiger partial charge in [-0.15, -0.1) is 68.0 Å². The molecule has 7 aromatic heterocycles. The molecule has 0 radical (unpaired) electrons. The summed E-state index contributed by atoms with van der Waals surface area (Å²) in [5, 5.41) is 52.1. The highest BCUT2D eigenvalue weighted by Crippen LogP contribution is 2.43. The number of pyridine rings is 1. The summed E-state index contributed by atoms with van der Waals surface area (Å²) >= 11 is 7.26. The number of nitrogens with one attached hydrogen (secondary N) is 4. The minimum atomic E-state index is -1.30. The van der Waals surface area contributed by atoms with Gasteiger partial charge >= 0.3 is 11.9 Å². The van der Waals surface area contributed by atoms with Gasteiger partial charge in [-0.25, -0.2) is 34.9 Å². The molecule has 2 fully saturated rings. The van der Waals surface area contributed by atoms with E-state index in [-0.39, 0.29) is 60.2 Å². The Morgan fingerprint density at radius 1 is 0.667 bits per heavy atom. The third-order valence-electron chi connectivity index (χ3n) is 16.9. The number of aliphatic hydroxyl groups is 1. The first kappa shape index (κ1) is 66.5. The van der Waals surface area contributed by atoms with Crippen molar-refractivity contribution in [3.05, 3.63) is 111 Å². The molecule has 24 nitrogen and oxygen atoms in total. The second kappa shape index (κ2) is 29.1. The molecule has 30 heteroatoms. The molecule has 4 atom stereocenters. The van der Waals surface area contributed by atoms with Crippen molar-refractivity contribution in [1.82, 2.24) is 56.2 Å².